The Morgan fingerprint density at radius 2 is 2.11 bits per heavy atom. The van der Waals surface area contributed by atoms with Crippen LogP contribution in [0.1, 0.15) is 52.9 Å². The second-order valence-electron chi connectivity index (χ2n) is 6.99. The van der Waals surface area contributed by atoms with Crippen LogP contribution in [0.4, 0.5) is 0 Å². The van der Waals surface area contributed by atoms with Crippen molar-refractivity contribution in [3.05, 3.63) is 0 Å². The molecule has 0 aromatic rings. The van der Waals surface area contributed by atoms with Crippen LogP contribution < -0.4 is 5.73 Å². The standard InChI is InChI=1S/C16H32N2O/c1-13(2)15-5-4-8-18(9-6-15)16(12-17)7-10-19-14(3)11-16/h13-15H,4-12,17H2,1-3H3. The Labute approximate surface area is 118 Å². The van der Waals surface area contributed by atoms with E-state index < -0.39 is 0 Å². The minimum absolute atomic E-state index is 0.212. The lowest BCUT2D eigenvalue weighted by atomic mass is 9.84. The third kappa shape index (κ3) is 3.50. The lowest BCUT2D eigenvalue weighted by molar-refractivity contribution is -0.0632. The Morgan fingerprint density at radius 1 is 1.32 bits per heavy atom. The van der Waals surface area contributed by atoms with Crippen molar-refractivity contribution in [2.45, 2.75) is 64.5 Å². The summed E-state index contributed by atoms with van der Waals surface area (Å²) in [6, 6.07) is 0. The van der Waals surface area contributed by atoms with E-state index in [-0.39, 0.29) is 5.54 Å². The number of likely N-dealkylation sites (tertiary alicyclic amines) is 1. The Balaban J connectivity index is 2.02. The molecule has 2 aliphatic rings. The number of hydrogen-bond acceptors (Lipinski definition) is 3. The minimum Gasteiger partial charge on any atom is -0.378 e. The second-order valence-corrected chi connectivity index (χ2v) is 6.99. The van der Waals surface area contributed by atoms with Gasteiger partial charge < -0.3 is 10.5 Å². The molecule has 3 unspecified atom stereocenters. The van der Waals surface area contributed by atoms with E-state index in [9.17, 15) is 0 Å². The maximum absolute atomic E-state index is 6.18. The fourth-order valence-electron chi connectivity index (χ4n) is 4.01. The third-order valence-corrected chi connectivity index (χ3v) is 5.40. The maximum atomic E-state index is 6.18. The molecule has 0 aliphatic carbocycles. The summed E-state index contributed by atoms with van der Waals surface area (Å²) in [5.41, 5.74) is 6.39. The van der Waals surface area contributed by atoms with Crippen LogP contribution >= 0.6 is 0 Å². The highest BCUT2D eigenvalue weighted by Crippen LogP contribution is 2.34. The van der Waals surface area contributed by atoms with Crippen LogP contribution in [-0.4, -0.2) is 42.8 Å². The minimum atomic E-state index is 0.212. The van der Waals surface area contributed by atoms with E-state index in [1.165, 1.54) is 32.4 Å². The van der Waals surface area contributed by atoms with Crippen molar-refractivity contribution >= 4 is 0 Å². The van der Waals surface area contributed by atoms with Gasteiger partial charge in [-0.25, -0.2) is 0 Å². The molecule has 3 atom stereocenters. The van der Waals surface area contributed by atoms with Crippen LogP contribution in [0, 0.1) is 11.8 Å². The number of hydrogen-bond donors (Lipinski definition) is 1. The highest BCUT2D eigenvalue weighted by Gasteiger charge is 2.40. The maximum Gasteiger partial charge on any atom is 0.0565 e. The number of nitrogens with two attached hydrogens (primary N) is 1. The van der Waals surface area contributed by atoms with Gasteiger partial charge in [0.05, 0.1) is 6.10 Å². The quantitative estimate of drug-likeness (QED) is 0.855. The summed E-state index contributed by atoms with van der Waals surface area (Å²) in [4.78, 5) is 2.70. The molecule has 2 heterocycles. The molecule has 2 saturated heterocycles. The van der Waals surface area contributed by atoms with E-state index in [1.807, 2.05) is 0 Å². The molecule has 0 amide bonds. The van der Waals surface area contributed by atoms with E-state index in [0.717, 1.165) is 37.8 Å². The topological polar surface area (TPSA) is 38.5 Å². The lowest BCUT2D eigenvalue weighted by Gasteiger charge is -2.47. The molecule has 3 nitrogen and oxygen atoms in total. The molecule has 2 N–H and O–H groups in total. The van der Waals surface area contributed by atoms with Crippen molar-refractivity contribution in [2.24, 2.45) is 17.6 Å². The average Bonchev–Trinajstić information content (AvgIpc) is 2.64. The SMILES string of the molecule is CC1CC(CN)(N2CCCC(C(C)C)CC2)CCO1. The van der Waals surface area contributed by atoms with E-state index in [1.54, 1.807) is 0 Å². The summed E-state index contributed by atoms with van der Waals surface area (Å²) >= 11 is 0. The molecular formula is C16H32N2O. The van der Waals surface area contributed by atoms with Gasteiger partial charge in [0.25, 0.3) is 0 Å². The highest BCUT2D eigenvalue weighted by atomic mass is 16.5. The molecule has 2 rings (SSSR count). The number of nitrogens with zero attached hydrogens (tertiary/aromatic N) is 1. The Hall–Kier alpha value is -0.120. The van der Waals surface area contributed by atoms with E-state index in [0.29, 0.717) is 6.10 Å². The summed E-state index contributed by atoms with van der Waals surface area (Å²) < 4.78 is 5.73. The van der Waals surface area contributed by atoms with E-state index in [4.69, 9.17) is 10.5 Å². The van der Waals surface area contributed by atoms with Crippen LogP contribution in [0.3, 0.4) is 0 Å². The van der Waals surface area contributed by atoms with Gasteiger partial charge in [-0.2, -0.15) is 0 Å². The predicted molar refractivity (Wildman–Crippen MR) is 80.2 cm³/mol. The zero-order valence-electron chi connectivity index (χ0n) is 13.0. The molecule has 0 aromatic heterocycles. The van der Waals surface area contributed by atoms with Crippen molar-refractivity contribution < 1.29 is 4.74 Å². The number of rotatable bonds is 3. The molecule has 2 fully saturated rings. The first-order valence-corrected chi connectivity index (χ1v) is 8.14. The van der Waals surface area contributed by atoms with Gasteiger partial charge in [0.1, 0.15) is 0 Å². The van der Waals surface area contributed by atoms with Gasteiger partial charge in [-0.15, -0.1) is 0 Å². The van der Waals surface area contributed by atoms with Crippen LogP contribution in [0.2, 0.25) is 0 Å². The molecule has 112 valence electrons. The largest absolute Gasteiger partial charge is 0.378 e. The fourth-order valence-corrected chi connectivity index (χ4v) is 4.01. The Morgan fingerprint density at radius 3 is 2.74 bits per heavy atom. The second kappa shape index (κ2) is 6.55. The normalized spacial score (nSPS) is 38.4. The molecule has 0 spiro atoms. The van der Waals surface area contributed by atoms with Crippen molar-refractivity contribution in [2.75, 3.05) is 26.2 Å². The Kier molecular flexibility index (Phi) is 5.27. The summed E-state index contributed by atoms with van der Waals surface area (Å²) in [5, 5.41) is 0. The lowest BCUT2D eigenvalue weighted by Crippen LogP contribution is -2.58. The molecule has 0 aromatic carbocycles. The molecule has 0 radical (unpaired) electrons. The van der Waals surface area contributed by atoms with Gasteiger partial charge in [-0.3, -0.25) is 4.90 Å². The molecule has 3 heteroatoms. The molecule has 0 bridgehead atoms. The Bertz CT molecular complexity index is 282. The summed E-state index contributed by atoms with van der Waals surface area (Å²) in [7, 11) is 0. The van der Waals surface area contributed by atoms with Crippen LogP contribution in [0.15, 0.2) is 0 Å². The van der Waals surface area contributed by atoms with Crippen molar-refractivity contribution in [1.29, 1.82) is 0 Å². The predicted octanol–water partition coefficient (Wildman–Crippen LogP) is 2.64. The zero-order valence-corrected chi connectivity index (χ0v) is 13.0. The van der Waals surface area contributed by atoms with Gasteiger partial charge in [0.2, 0.25) is 0 Å². The summed E-state index contributed by atoms with van der Waals surface area (Å²) in [6.07, 6.45) is 6.65. The zero-order chi connectivity index (χ0) is 13.9. The monoisotopic (exact) mass is 268 g/mol. The molecule has 19 heavy (non-hydrogen) atoms. The molecular weight excluding hydrogens is 236 g/mol. The number of ether oxygens (including phenoxy) is 1. The summed E-state index contributed by atoms with van der Waals surface area (Å²) in [6.45, 7) is 11.1. The van der Waals surface area contributed by atoms with Crippen LogP contribution in [0.5, 0.6) is 0 Å². The van der Waals surface area contributed by atoms with Crippen LogP contribution in [0.25, 0.3) is 0 Å². The molecule has 0 saturated carbocycles. The third-order valence-electron chi connectivity index (χ3n) is 5.40. The van der Waals surface area contributed by atoms with E-state index in [2.05, 4.69) is 25.7 Å². The van der Waals surface area contributed by atoms with Gasteiger partial charge in [-0.05, 0) is 64.0 Å². The van der Waals surface area contributed by atoms with Gasteiger partial charge in [0.15, 0.2) is 0 Å². The van der Waals surface area contributed by atoms with Crippen LogP contribution in [-0.2, 0) is 4.74 Å². The first-order chi connectivity index (χ1) is 9.07. The smallest absolute Gasteiger partial charge is 0.0565 e. The van der Waals surface area contributed by atoms with Crippen molar-refractivity contribution in [3.63, 3.8) is 0 Å². The molecule has 2 aliphatic heterocycles. The van der Waals surface area contributed by atoms with E-state index >= 15 is 0 Å². The fraction of sp³-hybridized carbons (Fsp3) is 1.00. The first-order valence-electron chi connectivity index (χ1n) is 8.14. The van der Waals surface area contributed by atoms with Crippen molar-refractivity contribution in [3.8, 4) is 0 Å². The van der Waals surface area contributed by atoms with Gasteiger partial charge in [0, 0.05) is 18.7 Å². The van der Waals surface area contributed by atoms with Crippen molar-refractivity contribution in [1.82, 2.24) is 4.90 Å². The summed E-state index contributed by atoms with van der Waals surface area (Å²) in [5.74, 6) is 1.72. The first kappa shape index (κ1) is 15.3. The van der Waals surface area contributed by atoms with Gasteiger partial charge in [-0.1, -0.05) is 13.8 Å². The highest BCUT2D eigenvalue weighted by molar-refractivity contribution is 4.96. The van der Waals surface area contributed by atoms with Gasteiger partial charge >= 0.3 is 0 Å². The average molecular weight is 268 g/mol.